The van der Waals surface area contributed by atoms with E-state index in [9.17, 15) is 19.5 Å². The van der Waals surface area contributed by atoms with Gasteiger partial charge in [0.15, 0.2) is 0 Å². The summed E-state index contributed by atoms with van der Waals surface area (Å²) in [6.07, 6.45) is 2.03. The highest BCUT2D eigenvalue weighted by atomic mass is 16.4. The van der Waals surface area contributed by atoms with Crippen molar-refractivity contribution in [3.05, 3.63) is 0 Å². The number of aliphatic carboxylic acids is 1. The van der Waals surface area contributed by atoms with E-state index < -0.39 is 23.5 Å². The fourth-order valence-electron chi connectivity index (χ4n) is 2.44. The summed E-state index contributed by atoms with van der Waals surface area (Å²) in [6.45, 7) is 6.65. The van der Waals surface area contributed by atoms with E-state index in [0.29, 0.717) is 25.9 Å². The van der Waals surface area contributed by atoms with Crippen molar-refractivity contribution in [2.45, 2.75) is 46.1 Å². The van der Waals surface area contributed by atoms with Crippen LogP contribution in [0.3, 0.4) is 0 Å². The lowest BCUT2D eigenvalue weighted by Gasteiger charge is -2.37. The molecule has 1 unspecified atom stereocenters. The summed E-state index contributed by atoms with van der Waals surface area (Å²) >= 11 is 0. The molecular weight excluding hydrogens is 274 g/mol. The van der Waals surface area contributed by atoms with E-state index >= 15 is 0 Å². The molecule has 0 aromatic carbocycles. The fraction of sp³-hybridized carbons (Fsp3) is 0.786. The van der Waals surface area contributed by atoms with Gasteiger partial charge in [-0.2, -0.15) is 0 Å². The second-order valence-electron chi connectivity index (χ2n) is 5.50. The van der Waals surface area contributed by atoms with Gasteiger partial charge in [-0.05, 0) is 33.6 Å². The molecule has 0 aromatic rings. The minimum Gasteiger partial charge on any atom is -0.481 e. The molecule has 1 fully saturated rings. The van der Waals surface area contributed by atoms with Gasteiger partial charge in [0.05, 0.1) is 5.41 Å². The molecule has 120 valence electrons. The van der Waals surface area contributed by atoms with Crippen molar-refractivity contribution in [1.82, 2.24) is 15.5 Å². The fourth-order valence-corrected chi connectivity index (χ4v) is 2.44. The Labute approximate surface area is 125 Å². The minimum absolute atomic E-state index is 0.0976. The second-order valence-corrected chi connectivity index (χ2v) is 5.50. The molecule has 0 radical (unpaired) electrons. The van der Waals surface area contributed by atoms with Crippen LogP contribution in [0.25, 0.3) is 0 Å². The van der Waals surface area contributed by atoms with E-state index in [0.717, 1.165) is 6.42 Å². The summed E-state index contributed by atoms with van der Waals surface area (Å²) in [4.78, 5) is 36.6. The Morgan fingerprint density at radius 2 is 1.81 bits per heavy atom. The third kappa shape index (κ3) is 4.09. The van der Waals surface area contributed by atoms with E-state index in [1.807, 2.05) is 13.8 Å². The predicted octanol–water partition coefficient (Wildman–Crippen LogP) is 0.797. The van der Waals surface area contributed by atoms with E-state index in [1.54, 1.807) is 11.8 Å². The van der Waals surface area contributed by atoms with Crippen LogP contribution in [0, 0.1) is 5.41 Å². The molecule has 0 saturated heterocycles. The maximum atomic E-state index is 12.0. The Morgan fingerprint density at radius 1 is 1.24 bits per heavy atom. The summed E-state index contributed by atoms with van der Waals surface area (Å²) in [5.41, 5.74) is -0.830. The molecule has 7 nitrogen and oxygen atoms in total. The molecule has 0 heterocycles. The summed E-state index contributed by atoms with van der Waals surface area (Å²) in [5.74, 6) is -1.02. The lowest BCUT2D eigenvalue weighted by molar-refractivity contribution is -0.153. The van der Waals surface area contributed by atoms with Crippen molar-refractivity contribution in [3.8, 4) is 0 Å². The highest BCUT2D eigenvalue weighted by molar-refractivity contribution is 5.87. The number of carboxylic acids is 1. The number of hydrogen-bond acceptors (Lipinski definition) is 3. The molecule has 1 rings (SSSR count). The van der Waals surface area contributed by atoms with Crippen molar-refractivity contribution in [3.63, 3.8) is 0 Å². The van der Waals surface area contributed by atoms with Crippen molar-refractivity contribution >= 4 is 17.9 Å². The number of nitrogens with zero attached hydrogens (tertiary/aromatic N) is 1. The summed E-state index contributed by atoms with van der Waals surface area (Å²) in [6, 6.07) is -1.14. The van der Waals surface area contributed by atoms with Crippen molar-refractivity contribution in [2.75, 3.05) is 19.6 Å². The zero-order valence-corrected chi connectivity index (χ0v) is 12.9. The quantitative estimate of drug-likeness (QED) is 0.647. The number of hydrogen-bond donors (Lipinski definition) is 3. The van der Waals surface area contributed by atoms with E-state index in [4.69, 9.17) is 0 Å². The van der Waals surface area contributed by atoms with Crippen LogP contribution in [0.5, 0.6) is 0 Å². The Kier molecular flexibility index (Phi) is 5.99. The van der Waals surface area contributed by atoms with Crippen LogP contribution in [-0.2, 0) is 9.59 Å². The van der Waals surface area contributed by atoms with Crippen LogP contribution < -0.4 is 10.6 Å². The Bertz CT molecular complexity index is 403. The molecule has 0 aromatic heterocycles. The highest BCUT2D eigenvalue weighted by Crippen LogP contribution is 2.40. The zero-order valence-electron chi connectivity index (χ0n) is 12.9. The third-order valence-corrected chi connectivity index (χ3v) is 4.14. The first-order valence-corrected chi connectivity index (χ1v) is 7.43. The lowest BCUT2D eigenvalue weighted by Crippen LogP contribution is -2.53. The molecule has 3 amide bonds. The van der Waals surface area contributed by atoms with Gasteiger partial charge in [-0.3, -0.25) is 9.59 Å². The zero-order chi connectivity index (χ0) is 16.0. The minimum atomic E-state index is -0.874. The van der Waals surface area contributed by atoms with Crippen LogP contribution in [0.15, 0.2) is 0 Å². The predicted molar refractivity (Wildman–Crippen MR) is 77.8 cm³/mol. The normalized spacial score (nSPS) is 17.3. The summed E-state index contributed by atoms with van der Waals surface area (Å²) in [5, 5.41) is 14.3. The highest BCUT2D eigenvalue weighted by Gasteiger charge is 2.44. The van der Waals surface area contributed by atoms with E-state index in [2.05, 4.69) is 10.6 Å². The number of carbonyl (C=O) groups is 3. The first-order valence-electron chi connectivity index (χ1n) is 7.43. The lowest BCUT2D eigenvalue weighted by atomic mass is 9.69. The van der Waals surface area contributed by atoms with Crippen molar-refractivity contribution < 1.29 is 19.5 Å². The molecule has 21 heavy (non-hydrogen) atoms. The Balaban J connectivity index is 2.43. The maximum absolute atomic E-state index is 12.0. The molecule has 1 aliphatic carbocycles. The number of amides is 3. The van der Waals surface area contributed by atoms with Gasteiger partial charge in [0.2, 0.25) is 5.91 Å². The van der Waals surface area contributed by atoms with E-state index in [1.165, 1.54) is 0 Å². The van der Waals surface area contributed by atoms with E-state index in [-0.39, 0.29) is 12.5 Å². The number of carbonyl (C=O) groups excluding carboxylic acids is 2. The number of rotatable bonds is 7. The molecule has 1 aliphatic rings. The summed E-state index contributed by atoms with van der Waals surface area (Å²) in [7, 11) is 0. The van der Waals surface area contributed by atoms with Crippen LogP contribution in [0.1, 0.15) is 40.0 Å². The number of urea groups is 1. The molecule has 1 saturated carbocycles. The van der Waals surface area contributed by atoms with Gasteiger partial charge < -0.3 is 20.6 Å². The van der Waals surface area contributed by atoms with Crippen molar-refractivity contribution in [2.24, 2.45) is 5.41 Å². The van der Waals surface area contributed by atoms with Gasteiger partial charge in [-0.15, -0.1) is 0 Å². The average Bonchev–Trinajstić information content (AvgIpc) is 2.38. The number of likely N-dealkylation sites (N-methyl/N-ethyl adjacent to an activating group) is 1. The van der Waals surface area contributed by atoms with Gasteiger partial charge in [-0.1, -0.05) is 6.42 Å². The van der Waals surface area contributed by atoms with Crippen LogP contribution in [0.2, 0.25) is 0 Å². The first-order chi connectivity index (χ1) is 9.86. The number of carboxylic acid groups (broad SMARTS) is 1. The van der Waals surface area contributed by atoms with Gasteiger partial charge in [-0.25, -0.2) is 4.79 Å². The third-order valence-electron chi connectivity index (χ3n) is 4.14. The first kappa shape index (κ1) is 17.3. The maximum Gasteiger partial charge on any atom is 0.315 e. The van der Waals surface area contributed by atoms with Crippen molar-refractivity contribution in [1.29, 1.82) is 0 Å². The molecule has 7 heteroatoms. The van der Waals surface area contributed by atoms with Crippen LogP contribution in [0.4, 0.5) is 4.79 Å². The van der Waals surface area contributed by atoms with Gasteiger partial charge in [0, 0.05) is 19.6 Å². The van der Waals surface area contributed by atoms with Gasteiger partial charge in [0.25, 0.3) is 0 Å². The average molecular weight is 299 g/mol. The Morgan fingerprint density at radius 3 is 2.19 bits per heavy atom. The SMILES string of the molecule is CCN(CC)C(=O)C(C)NC(=O)NCC1(C(=O)O)CCC1. The molecule has 3 N–H and O–H groups in total. The van der Waals surface area contributed by atoms with Crippen LogP contribution in [-0.4, -0.2) is 53.6 Å². The standard InChI is InChI=1S/C14H25N3O4/c1-4-17(5-2)11(18)10(3)16-13(21)15-9-14(12(19)20)7-6-8-14/h10H,4-9H2,1-3H3,(H,19,20)(H2,15,16,21). The van der Waals surface area contributed by atoms with Gasteiger partial charge in [0.1, 0.15) is 6.04 Å². The molecule has 1 atom stereocenters. The number of nitrogens with one attached hydrogen (secondary N) is 2. The monoisotopic (exact) mass is 299 g/mol. The largest absolute Gasteiger partial charge is 0.481 e. The Hall–Kier alpha value is -1.79. The molecule has 0 aliphatic heterocycles. The van der Waals surface area contributed by atoms with Gasteiger partial charge >= 0.3 is 12.0 Å². The topological polar surface area (TPSA) is 98.7 Å². The molecule has 0 spiro atoms. The smallest absolute Gasteiger partial charge is 0.315 e. The van der Waals surface area contributed by atoms with Crippen LogP contribution >= 0.6 is 0 Å². The molecule has 0 bridgehead atoms. The second kappa shape index (κ2) is 7.28. The molecular formula is C14H25N3O4. The summed E-state index contributed by atoms with van der Waals surface area (Å²) < 4.78 is 0.